The fraction of sp³-hybridized carbons (Fsp3) is 0.231. The van der Waals surface area contributed by atoms with Crippen LogP contribution >= 0.6 is 0 Å². The summed E-state index contributed by atoms with van der Waals surface area (Å²) in [5.74, 6) is 0.831. The smallest absolute Gasteiger partial charge is 0.275 e. The van der Waals surface area contributed by atoms with Crippen molar-refractivity contribution in [2.24, 2.45) is 36.8 Å². The number of pyridine rings is 2. The fourth-order valence-electron chi connectivity index (χ4n) is 9.97. The zero-order valence-electron chi connectivity index (χ0n) is 37.8. The Balaban J connectivity index is 0.000000149. The monoisotopic (exact) mass is 904 g/mol. The first-order valence-electron chi connectivity index (χ1n) is 22.6. The van der Waals surface area contributed by atoms with Crippen LogP contribution in [0.3, 0.4) is 0 Å². The Hall–Kier alpha value is -8.40. The van der Waals surface area contributed by atoms with E-state index >= 15 is 0 Å². The number of rotatable bonds is 10. The van der Waals surface area contributed by atoms with Gasteiger partial charge in [0, 0.05) is 84.6 Å². The summed E-state index contributed by atoms with van der Waals surface area (Å²) >= 11 is 0. The van der Waals surface area contributed by atoms with E-state index in [1.54, 1.807) is 51.0 Å². The van der Waals surface area contributed by atoms with Crippen molar-refractivity contribution in [2.75, 3.05) is 21.3 Å². The summed E-state index contributed by atoms with van der Waals surface area (Å²) in [6.45, 7) is 4.36. The van der Waals surface area contributed by atoms with Crippen molar-refractivity contribution < 1.29 is 19.2 Å². The molecule has 4 aliphatic rings. The van der Waals surface area contributed by atoms with Gasteiger partial charge in [-0.2, -0.15) is 10.2 Å². The number of benzene rings is 2. The predicted octanol–water partition coefficient (Wildman–Crippen LogP) is 9.14. The van der Waals surface area contributed by atoms with Crippen LogP contribution in [0.4, 0.5) is 34.4 Å². The fourth-order valence-corrected chi connectivity index (χ4v) is 9.97. The van der Waals surface area contributed by atoms with Gasteiger partial charge in [0.25, 0.3) is 11.8 Å². The highest BCUT2D eigenvalue weighted by Gasteiger charge is 2.59. The second kappa shape index (κ2) is 16.2. The van der Waals surface area contributed by atoms with Crippen LogP contribution < -0.4 is 21.3 Å². The van der Waals surface area contributed by atoms with Gasteiger partial charge < -0.3 is 31.2 Å². The number of carbonyl (C=O) groups is 4. The van der Waals surface area contributed by atoms with Crippen molar-refractivity contribution in [3.8, 4) is 22.5 Å². The van der Waals surface area contributed by atoms with Gasteiger partial charge in [-0.25, -0.2) is 9.97 Å². The quantitative estimate of drug-likeness (QED) is 0.0767. The maximum atomic E-state index is 13.4. The number of aryl methyl sites for hydroxylation is 2. The van der Waals surface area contributed by atoms with Crippen molar-refractivity contribution >= 4 is 57.8 Å². The Kier molecular flexibility index (Phi) is 10.1. The molecule has 340 valence electrons. The number of hydrogen-bond acceptors (Lipinski definition) is 10. The van der Waals surface area contributed by atoms with Gasteiger partial charge in [-0.1, -0.05) is 50.2 Å². The molecule has 2 amide bonds. The second-order valence-corrected chi connectivity index (χ2v) is 18.8. The van der Waals surface area contributed by atoms with Gasteiger partial charge in [0.2, 0.25) is 0 Å². The third kappa shape index (κ3) is 7.62. The highest BCUT2D eigenvalue weighted by Crippen LogP contribution is 2.61. The van der Waals surface area contributed by atoms with Crippen LogP contribution in [0.1, 0.15) is 79.8 Å². The summed E-state index contributed by atoms with van der Waals surface area (Å²) in [5, 5.41) is 20.7. The first kappa shape index (κ1) is 42.2. The van der Waals surface area contributed by atoms with Crippen molar-refractivity contribution in [1.29, 1.82) is 0 Å². The van der Waals surface area contributed by atoms with Gasteiger partial charge in [-0.15, -0.1) is 0 Å². The Morgan fingerprint density at radius 3 is 1.38 bits per heavy atom. The van der Waals surface area contributed by atoms with E-state index in [2.05, 4.69) is 65.2 Å². The number of fused-ring (bicyclic) bond motifs is 4. The van der Waals surface area contributed by atoms with E-state index in [1.165, 1.54) is 9.36 Å². The average Bonchev–Trinajstić information content (AvgIpc) is 3.79. The minimum Gasteiger partial charge on any atom is -0.356 e. The summed E-state index contributed by atoms with van der Waals surface area (Å²) < 4.78 is 3.02. The molecule has 4 atom stereocenters. The van der Waals surface area contributed by atoms with E-state index < -0.39 is 0 Å². The van der Waals surface area contributed by atoms with Crippen LogP contribution in [-0.4, -0.2) is 62.9 Å². The first-order valence-corrected chi connectivity index (χ1v) is 22.6. The predicted molar refractivity (Wildman–Crippen MR) is 258 cm³/mol. The Morgan fingerprint density at radius 2 is 1.00 bits per heavy atom. The van der Waals surface area contributed by atoms with Crippen molar-refractivity contribution in [3.63, 3.8) is 0 Å². The van der Waals surface area contributed by atoms with E-state index in [9.17, 15) is 19.2 Å². The summed E-state index contributed by atoms with van der Waals surface area (Å²) in [5.41, 5.74) is 11.0. The van der Waals surface area contributed by atoms with E-state index in [0.29, 0.717) is 23.0 Å². The van der Waals surface area contributed by atoms with Crippen LogP contribution in [0, 0.1) is 22.7 Å². The van der Waals surface area contributed by atoms with E-state index in [-0.39, 0.29) is 46.0 Å². The van der Waals surface area contributed by atoms with Gasteiger partial charge in [0.1, 0.15) is 23.0 Å². The molecule has 6 aromatic heterocycles. The first-order chi connectivity index (χ1) is 32.9. The minimum absolute atomic E-state index is 0.0523. The molecule has 2 aromatic carbocycles. The molecule has 68 heavy (non-hydrogen) atoms. The number of ketones is 2. The van der Waals surface area contributed by atoms with Crippen LogP contribution in [0.2, 0.25) is 0 Å². The van der Waals surface area contributed by atoms with Gasteiger partial charge in [-0.05, 0) is 97.2 Å². The molecule has 0 saturated heterocycles. The number of amides is 2. The van der Waals surface area contributed by atoms with Gasteiger partial charge in [0.05, 0.1) is 33.9 Å². The summed E-state index contributed by atoms with van der Waals surface area (Å²) in [7, 11) is 3.43. The Morgan fingerprint density at radius 1 is 0.588 bits per heavy atom. The molecule has 16 nitrogen and oxygen atoms in total. The number of anilines is 6. The number of nitrogens with one attached hydrogen (secondary N) is 6. The van der Waals surface area contributed by atoms with Crippen molar-refractivity contribution in [2.45, 2.75) is 39.5 Å². The standard InChI is InChI=1S/2C26H24N6O2/c2*1-26-13-17(26)24(33)21-18(14-26)30-22(23(21)29-16-6-4-3-5-7-16)15-8-10-27-20(12-15)31-25(34)19-9-11-28-32(19)2/h2*3-12,17,29-30H,13-14H2,1-2H3,(H,27,31,34)/t2*17-,26+/m10/s1. The molecule has 6 heterocycles. The summed E-state index contributed by atoms with van der Waals surface area (Å²) in [4.78, 5) is 67.7. The van der Waals surface area contributed by atoms with Gasteiger partial charge in [-0.3, -0.25) is 28.5 Å². The summed E-state index contributed by atoms with van der Waals surface area (Å²) in [6, 6.07) is 30.3. The largest absolute Gasteiger partial charge is 0.356 e. The van der Waals surface area contributed by atoms with Crippen LogP contribution in [0.15, 0.2) is 122 Å². The number of Topliss-reactive ketones (excluding diaryl/α,β-unsaturated/α-hetero) is 2. The number of aromatic amines is 2. The molecule has 6 N–H and O–H groups in total. The molecule has 0 radical (unpaired) electrons. The number of nitrogens with zero attached hydrogens (tertiary/aromatic N) is 6. The molecule has 2 saturated carbocycles. The molecular formula is C52H48N12O4. The van der Waals surface area contributed by atoms with Gasteiger partial charge >= 0.3 is 0 Å². The lowest BCUT2D eigenvalue weighted by atomic mass is 9.87. The molecule has 0 spiro atoms. The average molecular weight is 905 g/mol. The normalized spacial score (nSPS) is 20.4. The molecule has 12 rings (SSSR count). The van der Waals surface area contributed by atoms with Gasteiger partial charge in [0.15, 0.2) is 11.6 Å². The van der Waals surface area contributed by atoms with Crippen molar-refractivity contribution in [1.82, 2.24) is 39.5 Å². The lowest BCUT2D eigenvalue weighted by molar-refractivity contribution is 0.0932. The lowest BCUT2D eigenvalue weighted by Crippen LogP contribution is -2.19. The summed E-state index contributed by atoms with van der Waals surface area (Å²) in [6.07, 6.45) is 10.0. The number of hydrogen-bond donors (Lipinski definition) is 6. The third-order valence-corrected chi connectivity index (χ3v) is 13.9. The van der Waals surface area contributed by atoms with Crippen LogP contribution in [-0.2, 0) is 26.9 Å². The molecule has 8 aromatic rings. The Labute approximate surface area is 391 Å². The number of aromatic nitrogens is 8. The van der Waals surface area contributed by atoms with Crippen LogP contribution in [0.25, 0.3) is 22.5 Å². The second-order valence-electron chi connectivity index (χ2n) is 18.8. The highest BCUT2D eigenvalue weighted by molar-refractivity contribution is 6.12. The topological polar surface area (TPSA) is 209 Å². The molecule has 4 aliphatic carbocycles. The Bertz CT molecular complexity index is 3090. The van der Waals surface area contributed by atoms with Crippen LogP contribution in [0.5, 0.6) is 0 Å². The highest BCUT2D eigenvalue weighted by atomic mass is 16.2. The number of para-hydroxylation sites is 2. The SMILES string of the molecule is Cn1nccc1C(=O)Nc1cc(-c2[nH]c3c(c2Nc2ccccc2)C(=O)[C@@H]2C[C@]2(C)C3)ccn1.Cn1nccc1C(=O)Nc1cc(-c2[nH]c3c(c2Nc2ccccc2)C(=O)[C@H]2C[C@@]2(C)C3)ccn1. The minimum atomic E-state index is -0.291. The van der Waals surface area contributed by atoms with E-state index in [4.69, 9.17) is 0 Å². The maximum absolute atomic E-state index is 13.4. The molecule has 0 bridgehead atoms. The van der Waals surface area contributed by atoms with E-state index in [1.807, 2.05) is 84.9 Å². The zero-order valence-corrected chi connectivity index (χ0v) is 37.8. The molecule has 16 heteroatoms. The lowest BCUT2D eigenvalue weighted by Gasteiger charge is -2.18. The van der Waals surface area contributed by atoms with E-state index in [0.717, 1.165) is 93.5 Å². The third-order valence-electron chi connectivity index (χ3n) is 13.9. The molecule has 0 aliphatic heterocycles. The van der Waals surface area contributed by atoms with Crippen molar-refractivity contribution in [3.05, 3.63) is 156 Å². The molecular weight excluding hydrogens is 857 g/mol. The number of H-pyrrole nitrogens is 2. The number of carbonyl (C=O) groups excluding carboxylic acids is 4. The maximum Gasteiger partial charge on any atom is 0.275 e. The zero-order chi connectivity index (χ0) is 46.9. The molecule has 2 fully saturated rings. The molecule has 0 unspecified atom stereocenters.